The lowest BCUT2D eigenvalue weighted by molar-refractivity contribution is -0.115. The molecular weight excluding hydrogens is 412 g/mol. The molecule has 2 aromatic carbocycles. The van der Waals surface area contributed by atoms with Gasteiger partial charge >= 0.3 is 0 Å². The van der Waals surface area contributed by atoms with E-state index in [4.69, 9.17) is 0 Å². The molecule has 0 radical (unpaired) electrons. The number of benzene rings is 2. The minimum absolute atomic E-state index is 0.00182. The maximum Gasteiger partial charge on any atom is 0.237 e. The highest BCUT2D eigenvalue weighted by atomic mass is 32.2. The Morgan fingerprint density at radius 1 is 1.07 bits per heavy atom. The third kappa shape index (κ3) is 5.67. The molecule has 1 unspecified atom stereocenters. The van der Waals surface area contributed by atoms with Gasteiger partial charge in [0, 0.05) is 17.1 Å². The molecule has 0 bridgehead atoms. The molecule has 0 spiro atoms. The van der Waals surface area contributed by atoms with Crippen LogP contribution in [0.5, 0.6) is 0 Å². The average molecular weight is 441 g/mol. The van der Waals surface area contributed by atoms with Gasteiger partial charge in [0.1, 0.15) is 5.82 Å². The van der Waals surface area contributed by atoms with Crippen LogP contribution in [0.1, 0.15) is 37.2 Å². The van der Waals surface area contributed by atoms with Crippen molar-refractivity contribution in [1.29, 1.82) is 0 Å². The first-order valence-electron chi connectivity index (χ1n) is 10.2. The number of amides is 1. The highest BCUT2D eigenvalue weighted by molar-refractivity contribution is 8.00. The summed E-state index contributed by atoms with van der Waals surface area (Å²) in [6.07, 6.45) is 0.715. The maximum absolute atomic E-state index is 12.9. The fraction of sp³-hybridized carbons (Fsp3) is 0.348. The lowest BCUT2D eigenvalue weighted by Gasteiger charge is -2.16. The van der Waals surface area contributed by atoms with Crippen LogP contribution in [0.15, 0.2) is 58.6 Å². The molecule has 0 saturated heterocycles. The van der Waals surface area contributed by atoms with Crippen molar-refractivity contribution < 1.29 is 4.79 Å². The van der Waals surface area contributed by atoms with E-state index in [-0.39, 0.29) is 11.2 Å². The van der Waals surface area contributed by atoms with Crippen LogP contribution in [0, 0.1) is 13.8 Å². The number of hydrogen-bond donors (Lipinski definition) is 1. The topological polar surface area (TPSA) is 59.8 Å². The number of nitrogens with zero attached hydrogens (tertiary/aromatic N) is 3. The summed E-state index contributed by atoms with van der Waals surface area (Å²) in [6.45, 7) is 8.97. The summed E-state index contributed by atoms with van der Waals surface area (Å²) in [5, 5.41) is 12.4. The van der Waals surface area contributed by atoms with Gasteiger partial charge in [-0.25, -0.2) is 0 Å². The lowest BCUT2D eigenvalue weighted by Crippen LogP contribution is -2.25. The molecule has 30 heavy (non-hydrogen) atoms. The smallest absolute Gasteiger partial charge is 0.237 e. The maximum atomic E-state index is 12.9. The van der Waals surface area contributed by atoms with Gasteiger partial charge in [-0.3, -0.25) is 4.79 Å². The second-order valence-electron chi connectivity index (χ2n) is 7.06. The van der Waals surface area contributed by atoms with Crippen molar-refractivity contribution >= 4 is 35.1 Å². The van der Waals surface area contributed by atoms with Gasteiger partial charge in [-0.2, -0.15) is 0 Å². The third-order valence-corrected chi connectivity index (χ3v) is 7.17. The summed E-state index contributed by atoms with van der Waals surface area (Å²) >= 11 is 3.23. The van der Waals surface area contributed by atoms with Crippen LogP contribution >= 0.6 is 23.5 Å². The van der Waals surface area contributed by atoms with Crippen LogP contribution < -0.4 is 5.32 Å². The van der Waals surface area contributed by atoms with E-state index in [9.17, 15) is 4.79 Å². The van der Waals surface area contributed by atoms with Crippen LogP contribution in [0.4, 0.5) is 5.69 Å². The number of rotatable bonds is 9. The minimum atomic E-state index is -0.225. The molecule has 1 atom stereocenters. The Kier molecular flexibility index (Phi) is 7.99. The third-order valence-electron chi connectivity index (χ3n) is 4.81. The molecule has 0 saturated carbocycles. The van der Waals surface area contributed by atoms with Crippen LogP contribution in [0.2, 0.25) is 0 Å². The quantitative estimate of drug-likeness (QED) is 0.431. The summed E-state index contributed by atoms with van der Waals surface area (Å²) in [5.41, 5.74) is 3.16. The van der Waals surface area contributed by atoms with Gasteiger partial charge in [0.05, 0.1) is 11.0 Å². The summed E-state index contributed by atoms with van der Waals surface area (Å²) in [7, 11) is 0. The molecular formula is C23H28N4OS2. The summed E-state index contributed by atoms with van der Waals surface area (Å²) in [4.78, 5) is 14.1. The van der Waals surface area contributed by atoms with Crippen LogP contribution in [-0.2, 0) is 17.1 Å². The van der Waals surface area contributed by atoms with Crippen molar-refractivity contribution in [2.45, 2.75) is 61.7 Å². The molecule has 7 heteroatoms. The largest absolute Gasteiger partial charge is 0.325 e. The fourth-order valence-electron chi connectivity index (χ4n) is 2.99. The highest BCUT2D eigenvalue weighted by Gasteiger charge is 2.22. The normalized spacial score (nSPS) is 12.0. The van der Waals surface area contributed by atoms with Crippen LogP contribution in [-0.4, -0.2) is 25.9 Å². The average Bonchev–Trinajstić information content (AvgIpc) is 3.14. The first kappa shape index (κ1) is 22.4. The van der Waals surface area contributed by atoms with E-state index in [0.717, 1.165) is 34.5 Å². The molecule has 3 aromatic rings. The van der Waals surface area contributed by atoms with Gasteiger partial charge < -0.3 is 9.88 Å². The van der Waals surface area contributed by atoms with Crippen molar-refractivity contribution in [1.82, 2.24) is 14.8 Å². The molecule has 5 nitrogen and oxygen atoms in total. The zero-order valence-corrected chi connectivity index (χ0v) is 19.5. The van der Waals surface area contributed by atoms with E-state index >= 15 is 0 Å². The van der Waals surface area contributed by atoms with Gasteiger partial charge in [0.25, 0.3) is 0 Å². The van der Waals surface area contributed by atoms with Crippen LogP contribution in [0.25, 0.3) is 0 Å². The van der Waals surface area contributed by atoms with Gasteiger partial charge in [-0.15, -0.1) is 22.0 Å². The van der Waals surface area contributed by atoms with Crippen molar-refractivity contribution in [3.05, 3.63) is 65.5 Å². The predicted molar refractivity (Wildman–Crippen MR) is 126 cm³/mol. The Balaban J connectivity index is 1.67. The van der Waals surface area contributed by atoms with E-state index in [0.29, 0.717) is 6.42 Å². The second-order valence-corrected chi connectivity index (χ2v) is 9.28. The number of aromatic nitrogens is 3. The molecule has 0 aliphatic rings. The fourth-order valence-corrected chi connectivity index (χ4v) is 4.86. The number of para-hydroxylation sites is 1. The number of carbonyl (C=O) groups excluding carboxylic acids is 1. The SMILES string of the molecule is CCC(Sc1nnc(CSc2ccc(C)cc2)n1CC)C(=O)Nc1ccccc1C. The first-order chi connectivity index (χ1) is 14.5. The van der Waals surface area contributed by atoms with Gasteiger partial charge in [0.15, 0.2) is 5.16 Å². The minimum Gasteiger partial charge on any atom is -0.325 e. The molecule has 1 aromatic heterocycles. The number of carbonyl (C=O) groups is 1. The monoisotopic (exact) mass is 440 g/mol. The Morgan fingerprint density at radius 3 is 2.47 bits per heavy atom. The molecule has 0 aliphatic carbocycles. The van der Waals surface area contributed by atoms with Crippen molar-refractivity contribution in [3.63, 3.8) is 0 Å². The van der Waals surface area contributed by atoms with Crippen LogP contribution in [0.3, 0.4) is 0 Å². The Bertz CT molecular complexity index is 985. The van der Waals surface area contributed by atoms with E-state index in [1.165, 1.54) is 22.2 Å². The molecule has 1 N–H and O–H groups in total. The van der Waals surface area contributed by atoms with Crippen molar-refractivity contribution in [2.75, 3.05) is 5.32 Å². The van der Waals surface area contributed by atoms with Crippen molar-refractivity contribution in [2.24, 2.45) is 0 Å². The molecule has 0 fully saturated rings. The zero-order chi connectivity index (χ0) is 21.5. The Hall–Kier alpha value is -2.25. The van der Waals surface area contributed by atoms with E-state index in [1.54, 1.807) is 11.8 Å². The molecule has 3 rings (SSSR count). The summed E-state index contributed by atoms with van der Waals surface area (Å²) < 4.78 is 2.11. The van der Waals surface area contributed by atoms with Gasteiger partial charge in [-0.1, -0.05) is 54.6 Å². The first-order valence-corrected chi connectivity index (χ1v) is 12.0. The van der Waals surface area contributed by atoms with E-state index in [2.05, 4.69) is 58.2 Å². The number of hydrogen-bond acceptors (Lipinski definition) is 5. The summed E-state index contributed by atoms with van der Waals surface area (Å²) in [5.74, 6) is 1.68. The zero-order valence-electron chi connectivity index (χ0n) is 17.9. The van der Waals surface area contributed by atoms with E-state index in [1.807, 2.05) is 38.1 Å². The van der Waals surface area contributed by atoms with E-state index < -0.39 is 0 Å². The molecule has 1 heterocycles. The van der Waals surface area contributed by atoms with Gasteiger partial charge in [-0.05, 0) is 51.0 Å². The highest BCUT2D eigenvalue weighted by Crippen LogP contribution is 2.29. The summed E-state index contributed by atoms with van der Waals surface area (Å²) in [6, 6.07) is 16.3. The number of aryl methyl sites for hydroxylation is 2. The predicted octanol–water partition coefficient (Wildman–Crippen LogP) is 5.72. The Labute approximate surface area is 187 Å². The standard InChI is InChI=1S/C23H28N4OS2/c1-5-20(22(28)24-19-10-8-7-9-17(19)4)30-23-26-25-21(27(23)6-2)15-29-18-13-11-16(3)12-14-18/h7-14,20H,5-6,15H2,1-4H3,(H,24,28). The van der Waals surface area contributed by atoms with Crippen molar-refractivity contribution in [3.8, 4) is 0 Å². The molecule has 0 aliphatic heterocycles. The number of anilines is 1. The number of nitrogens with one attached hydrogen (secondary N) is 1. The number of thioether (sulfide) groups is 2. The Morgan fingerprint density at radius 2 is 1.80 bits per heavy atom. The lowest BCUT2D eigenvalue weighted by atomic mass is 10.2. The van der Waals surface area contributed by atoms with Gasteiger partial charge in [0.2, 0.25) is 5.91 Å². The second kappa shape index (κ2) is 10.7. The molecule has 1 amide bonds. The molecule has 158 valence electrons.